The number of hydrazone groups is 1. The highest BCUT2D eigenvalue weighted by Crippen LogP contribution is 2.35. The Hall–Kier alpha value is -4.65. The molecule has 1 aliphatic rings. The van der Waals surface area contributed by atoms with Gasteiger partial charge in [-0.3, -0.25) is 9.59 Å². The number of fused-ring (bicyclic) bond motifs is 1. The number of hydrogen-bond acceptors (Lipinski definition) is 6. The molecule has 0 saturated carbocycles. The van der Waals surface area contributed by atoms with Gasteiger partial charge in [-0.05, 0) is 65.2 Å². The molecule has 0 aromatic heterocycles. The summed E-state index contributed by atoms with van der Waals surface area (Å²) in [5.74, 6) is 1.26. The monoisotopic (exact) mass is 508 g/mol. The highest BCUT2D eigenvalue weighted by Gasteiger charge is 2.33. The molecule has 0 saturated heterocycles. The van der Waals surface area contributed by atoms with Crippen molar-refractivity contribution >= 4 is 28.7 Å². The molecule has 1 amide bonds. The van der Waals surface area contributed by atoms with Crippen LogP contribution in [0.4, 0.5) is 0 Å². The Balaban J connectivity index is 1.43. The molecule has 4 aromatic rings. The van der Waals surface area contributed by atoms with E-state index in [1.165, 1.54) is 5.01 Å². The van der Waals surface area contributed by atoms with E-state index in [4.69, 9.17) is 19.3 Å². The number of carbonyl (C=O) groups is 2. The van der Waals surface area contributed by atoms with E-state index in [-0.39, 0.29) is 18.6 Å². The maximum absolute atomic E-state index is 13.5. The second-order valence-electron chi connectivity index (χ2n) is 8.89. The minimum Gasteiger partial charge on any atom is -0.497 e. The quantitative estimate of drug-likeness (QED) is 0.267. The van der Waals surface area contributed by atoms with E-state index in [1.807, 2.05) is 49.4 Å². The van der Waals surface area contributed by atoms with Gasteiger partial charge in [0.05, 0.1) is 25.5 Å². The van der Waals surface area contributed by atoms with Crippen LogP contribution < -0.4 is 14.2 Å². The van der Waals surface area contributed by atoms with Crippen LogP contribution in [0.25, 0.3) is 10.8 Å². The number of rotatable bonds is 9. The molecule has 0 spiro atoms. The number of aldehydes is 1. The standard InChI is InChI=1S/C31H28N2O5/c1-3-37-30-16-21(19-34)8-15-29(30)38-20-31(35)33-28(23-11-13-26(36-2)14-12-23)18-27(32-33)25-10-9-22-6-4-5-7-24(22)17-25/h4-17,19,28H,3,18,20H2,1-2H3. The van der Waals surface area contributed by atoms with Gasteiger partial charge in [0.2, 0.25) is 0 Å². The number of ether oxygens (including phenoxy) is 3. The van der Waals surface area contributed by atoms with Gasteiger partial charge in [0.25, 0.3) is 5.91 Å². The van der Waals surface area contributed by atoms with Crippen molar-refractivity contribution in [2.24, 2.45) is 5.10 Å². The number of carbonyl (C=O) groups excluding carboxylic acids is 2. The van der Waals surface area contributed by atoms with Crippen LogP contribution in [0.3, 0.4) is 0 Å². The molecule has 1 aliphatic heterocycles. The van der Waals surface area contributed by atoms with Gasteiger partial charge in [-0.1, -0.05) is 48.5 Å². The minimum absolute atomic E-state index is 0.234. The summed E-state index contributed by atoms with van der Waals surface area (Å²) in [4.78, 5) is 24.6. The summed E-state index contributed by atoms with van der Waals surface area (Å²) in [6, 6.07) is 26.6. The van der Waals surface area contributed by atoms with Crippen molar-refractivity contribution in [2.45, 2.75) is 19.4 Å². The molecule has 0 N–H and O–H groups in total. The predicted octanol–water partition coefficient (Wildman–Crippen LogP) is 5.82. The normalized spacial score (nSPS) is 14.7. The van der Waals surface area contributed by atoms with E-state index >= 15 is 0 Å². The zero-order valence-corrected chi connectivity index (χ0v) is 21.3. The van der Waals surface area contributed by atoms with E-state index in [1.54, 1.807) is 25.3 Å². The third-order valence-electron chi connectivity index (χ3n) is 6.50. The van der Waals surface area contributed by atoms with Crippen LogP contribution in [0.1, 0.15) is 40.9 Å². The molecule has 0 radical (unpaired) electrons. The van der Waals surface area contributed by atoms with Gasteiger partial charge in [0.1, 0.15) is 12.0 Å². The summed E-state index contributed by atoms with van der Waals surface area (Å²) >= 11 is 0. The number of nitrogens with zero attached hydrogens (tertiary/aromatic N) is 2. The minimum atomic E-state index is -0.290. The fourth-order valence-corrected chi connectivity index (χ4v) is 4.56. The maximum atomic E-state index is 13.5. The first-order chi connectivity index (χ1) is 18.6. The summed E-state index contributed by atoms with van der Waals surface area (Å²) in [5.41, 5.74) is 3.22. The molecule has 1 atom stereocenters. The molecule has 5 rings (SSSR count). The van der Waals surface area contributed by atoms with Crippen molar-refractivity contribution in [1.29, 1.82) is 0 Å². The van der Waals surface area contributed by atoms with Crippen LogP contribution in [0.15, 0.2) is 90.0 Å². The van der Waals surface area contributed by atoms with E-state index in [2.05, 4.69) is 24.3 Å². The first-order valence-corrected chi connectivity index (χ1v) is 12.5. The molecule has 7 nitrogen and oxygen atoms in total. The Morgan fingerprint density at radius 2 is 1.74 bits per heavy atom. The topological polar surface area (TPSA) is 77.4 Å². The van der Waals surface area contributed by atoms with Crippen molar-refractivity contribution in [1.82, 2.24) is 5.01 Å². The number of amides is 1. The molecule has 0 fully saturated rings. The second kappa shape index (κ2) is 11.2. The van der Waals surface area contributed by atoms with E-state index in [0.717, 1.165) is 39.6 Å². The molecule has 1 heterocycles. The second-order valence-corrected chi connectivity index (χ2v) is 8.89. The highest BCUT2D eigenvalue weighted by atomic mass is 16.5. The molecule has 7 heteroatoms. The summed E-state index contributed by atoms with van der Waals surface area (Å²) in [7, 11) is 1.62. The first kappa shape index (κ1) is 25.0. The highest BCUT2D eigenvalue weighted by molar-refractivity contribution is 6.05. The molecule has 192 valence electrons. The van der Waals surface area contributed by atoms with E-state index in [0.29, 0.717) is 30.1 Å². The van der Waals surface area contributed by atoms with Gasteiger partial charge in [-0.25, -0.2) is 5.01 Å². The lowest BCUT2D eigenvalue weighted by molar-refractivity contribution is -0.135. The zero-order chi connectivity index (χ0) is 26.5. The Kier molecular flexibility index (Phi) is 7.35. The summed E-state index contributed by atoms with van der Waals surface area (Å²) in [6.45, 7) is 2.01. The molecule has 0 bridgehead atoms. The van der Waals surface area contributed by atoms with Gasteiger partial charge in [0, 0.05) is 12.0 Å². The first-order valence-electron chi connectivity index (χ1n) is 12.5. The van der Waals surface area contributed by atoms with Crippen LogP contribution in [0.5, 0.6) is 17.2 Å². The van der Waals surface area contributed by atoms with Gasteiger partial charge >= 0.3 is 0 Å². The molecular weight excluding hydrogens is 480 g/mol. The van der Waals surface area contributed by atoms with Crippen molar-refractivity contribution in [3.05, 3.63) is 102 Å². The Morgan fingerprint density at radius 1 is 0.947 bits per heavy atom. The molecule has 4 aromatic carbocycles. The SMILES string of the molecule is CCOc1cc(C=O)ccc1OCC(=O)N1N=C(c2ccc3ccccc3c2)CC1c1ccc(OC)cc1. The number of methoxy groups -OCH3 is 1. The summed E-state index contributed by atoms with van der Waals surface area (Å²) < 4.78 is 16.8. The van der Waals surface area contributed by atoms with Gasteiger partial charge in [-0.15, -0.1) is 0 Å². The zero-order valence-electron chi connectivity index (χ0n) is 21.3. The Bertz CT molecular complexity index is 1500. The van der Waals surface area contributed by atoms with Crippen LogP contribution in [0.2, 0.25) is 0 Å². The van der Waals surface area contributed by atoms with Gasteiger partial charge in [-0.2, -0.15) is 5.10 Å². The smallest absolute Gasteiger partial charge is 0.281 e. The van der Waals surface area contributed by atoms with Crippen molar-refractivity contribution in [3.63, 3.8) is 0 Å². The van der Waals surface area contributed by atoms with Crippen molar-refractivity contribution < 1.29 is 23.8 Å². The average Bonchev–Trinajstić information content (AvgIpc) is 3.42. The molecule has 38 heavy (non-hydrogen) atoms. The Morgan fingerprint density at radius 3 is 2.47 bits per heavy atom. The van der Waals surface area contributed by atoms with Gasteiger partial charge < -0.3 is 14.2 Å². The van der Waals surface area contributed by atoms with E-state index in [9.17, 15) is 9.59 Å². The lowest BCUT2D eigenvalue weighted by atomic mass is 9.97. The number of hydrogen-bond donors (Lipinski definition) is 0. The van der Waals surface area contributed by atoms with Crippen molar-refractivity contribution in [2.75, 3.05) is 20.3 Å². The average molecular weight is 509 g/mol. The predicted molar refractivity (Wildman–Crippen MR) is 146 cm³/mol. The largest absolute Gasteiger partial charge is 0.497 e. The van der Waals surface area contributed by atoms with Crippen LogP contribution in [-0.4, -0.2) is 43.2 Å². The summed E-state index contributed by atoms with van der Waals surface area (Å²) in [5, 5.41) is 8.54. The molecule has 0 aliphatic carbocycles. The third kappa shape index (κ3) is 5.22. The van der Waals surface area contributed by atoms with Crippen LogP contribution in [0, 0.1) is 0 Å². The van der Waals surface area contributed by atoms with Gasteiger partial charge in [0.15, 0.2) is 18.1 Å². The fraction of sp³-hybridized carbons (Fsp3) is 0.194. The number of benzene rings is 4. The van der Waals surface area contributed by atoms with E-state index < -0.39 is 0 Å². The van der Waals surface area contributed by atoms with Crippen LogP contribution in [-0.2, 0) is 4.79 Å². The molecule has 1 unspecified atom stereocenters. The lowest BCUT2D eigenvalue weighted by Gasteiger charge is -2.22. The van der Waals surface area contributed by atoms with Crippen LogP contribution >= 0.6 is 0 Å². The molecular formula is C31H28N2O5. The Labute approximate surface area is 221 Å². The lowest BCUT2D eigenvalue weighted by Crippen LogP contribution is -2.31. The maximum Gasteiger partial charge on any atom is 0.281 e. The third-order valence-corrected chi connectivity index (χ3v) is 6.50. The fourth-order valence-electron chi connectivity index (χ4n) is 4.56. The summed E-state index contributed by atoms with van der Waals surface area (Å²) in [6.07, 6.45) is 1.30. The van der Waals surface area contributed by atoms with Crippen molar-refractivity contribution in [3.8, 4) is 17.2 Å².